The van der Waals surface area contributed by atoms with E-state index in [-0.39, 0.29) is 0 Å². The van der Waals surface area contributed by atoms with Crippen molar-refractivity contribution >= 4 is 5.69 Å². The minimum absolute atomic E-state index is 0.550. The Kier molecular flexibility index (Phi) is 2.69. The number of nitrogen functional groups attached to an aromatic ring is 1. The summed E-state index contributed by atoms with van der Waals surface area (Å²) in [7, 11) is 1.67. The number of anilines is 1. The predicted molar refractivity (Wildman–Crippen MR) is 57.1 cm³/mol. The molecular formula is C11H12N2O2. The molecule has 2 N–H and O–H groups in total. The van der Waals surface area contributed by atoms with Gasteiger partial charge in [0.25, 0.3) is 0 Å². The van der Waals surface area contributed by atoms with E-state index in [0.717, 1.165) is 11.1 Å². The molecule has 0 aliphatic carbocycles. The van der Waals surface area contributed by atoms with E-state index in [2.05, 4.69) is 5.16 Å². The van der Waals surface area contributed by atoms with Crippen molar-refractivity contribution in [1.29, 1.82) is 0 Å². The molecule has 1 heterocycles. The van der Waals surface area contributed by atoms with E-state index < -0.39 is 0 Å². The summed E-state index contributed by atoms with van der Waals surface area (Å²) < 4.78 is 10.1. The third kappa shape index (κ3) is 1.99. The van der Waals surface area contributed by atoms with Crippen LogP contribution in [-0.4, -0.2) is 12.3 Å². The SMILES string of the molecule is COCc1ccc(-c2oncc2N)cc1. The monoisotopic (exact) mass is 204 g/mol. The Bertz CT molecular complexity index is 434. The van der Waals surface area contributed by atoms with Crippen LogP contribution in [0.2, 0.25) is 0 Å². The van der Waals surface area contributed by atoms with Gasteiger partial charge in [0.2, 0.25) is 0 Å². The number of hydrogen-bond acceptors (Lipinski definition) is 4. The number of methoxy groups -OCH3 is 1. The van der Waals surface area contributed by atoms with Gasteiger partial charge in [0, 0.05) is 12.7 Å². The lowest BCUT2D eigenvalue weighted by Crippen LogP contribution is -1.88. The van der Waals surface area contributed by atoms with E-state index in [1.807, 2.05) is 24.3 Å². The molecule has 0 saturated heterocycles. The van der Waals surface area contributed by atoms with Crippen LogP contribution in [0, 0.1) is 0 Å². The van der Waals surface area contributed by atoms with Crippen LogP contribution in [0.25, 0.3) is 11.3 Å². The maximum atomic E-state index is 5.69. The quantitative estimate of drug-likeness (QED) is 0.831. The number of hydrogen-bond donors (Lipinski definition) is 1. The highest BCUT2D eigenvalue weighted by molar-refractivity contribution is 5.69. The van der Waals surface area contributed by atoms with Gasteiger partial charge in [-0.2, -0.15) is 0 Å². The van der Waals surface area contributed by atoms with Crippen molar-refractivity contribution in [3.63, 3.8) is 0 Å². The van der Waals surface area contributed by atoms with Gasteiger partial charge in [-0.3, -0.25) is 0 Å². The lowest BCUT2D eigenvalue weighted by molar-refractivity contribution is 0.185. The summed E-state index contributed by atoms with van der Waals surface area (Å²) in [6.07, 6.45) is 1.50. The lowest BCUT2D eigenvalue weighted by Gasteiger charge is -2.01. The third-order valence-corrected chi connectivity index (χ3v) is 2.13. The highest BCUT2D eigenvalue weighted by Gasteiger charge is 2.06. The highest BCUT2D eigenvalue weighted by atomic mass is 16.5. The average Bonchev–Trinajstić information content (AvgIpc) is 2.66. The smallest absolute Gasteiger partial charge is 0.189 e. The van der Waals surface area contributed by atoms with Gasteiger partial charge in [-0.05, 0) is 5.56 Å². The zero-order valence-corrected chi connectivity index (χ0v) is 8.43. The van der Waals surface area contributed by atoms with Crippen LogP contribution in [0.5, 0.6) is 0 Å². The van der Waals surface area contributed by atoms with Gasteiger partial charge in [-0.1, -0.05) is 29.4 Å². The molecule has 0 atom stereocenters. The van der Waals surface area contributed by atoms with Crippen LogP contribution < -0.4 is 5.73 Å². The minimum atomic E-state index is 0.550. The van der Waals surface area contributed by atoms with Crippen LogP contribution in [-0.2, 0) is 11.3 Å². The summed E-state index contributed by atoms with van der Waals surface area (Å²) in [4.78, 5) is 0. The second-order valence-electron chi connectivity index (χ2n) is 3.24. The van der Waals surface area contributed by atoms with Crippen molar-refractivity contribution in [3.8, 4) is 11.3 Å². The first-order valence-electron chi connectivity index (χ1n) is 4.59. The fraction of sp³-hybridized carbons (Fsp3) is 0.182. The van der Waals surface area contributed by atoms with Gasteiger partial charge in [0.15, 0.2) is 5.76 Å². The molecule has 0 aliphatic heterocycles. The first-order chi connectivity index (χ1) is 7.31. The molecule has 15 heavy (non-hydrogen) atoms. The maximum absolute atomic E-state index is 5.69. The number of benzene rings is 1. The Morgan fingerprint density at radius 2 is 2.07 bits per heavy atom. The Morgan fingerprint density at radius 3 is 2.60 bits per heavy atom. The number of nitrogens with two attached hydrogens (primary N) is 1. The summed E-state index contributed by atoms with van der Waals surface area (Å²) in [5.41, 5.74) is 8.27. The summed E-state index contributed by atoms with van der Waals surface area (Å²) in [5, 5.41) is 3.63. The van der Waals surface area contributed by atoms with E-state index in [9.17, 15) is 0 Å². The lowest BCUT2D eigenvalue weighted by atomic mass is 10.1. The summed E-state index contributed by atoms with van der Waals surface area (Å²) >= 11 is 0. The van der Waals surface area contributed by atoms with Crippen molar-refractivity contribution in [1.82, 2.24) is 5.16 Å². The molecule has 0 aliphatic rings. The summed E-state index contributed by atoms with van der Waals surface area (Å²) in [6, 6.07) is 7.82. The fourth-order valence-corrected chi connectivity index (χ4v) is 1.39. The van der Waals surface area contributed by atoms with Crippen molar-refractivity contribution in [3.05, 3.63) is 36.0 Å². The van der Waals surface area contributed by atoms with Crippen LogP contribution >= 0.6 is 0 Å². The molecule has 0 bridgehead atoms. The highest BCUT2D eigenvalue weighted by Crippen LogP contribution is 2.25. The van der Waals surface area contributed by atoms with Gasteiger partial charge in [0.05, 0.1) is 12.8 Å². The molecule has 0 fully saturated rings. The zero-order chi connectivity index (χ0) is 10.7. The van der Waals surface area contributed by atoms with Gasteiger partial charge in [-0.15, -0.1) is 0 Å². The molecule has 0 spiro atoms. The van der Waals surface area contributed by atoms with Crippen molar-refractivity contribution in [2.45, 2.75) is 6.61 Å². The first-order valence-corrected chi connectivity index (χ1v) is 4.59. The molecule has 2 rings (SSSR count). The van der Waals surface area contributed by atoms with E-state index in [1.165, 1.54) is 6.20 Å². The number of ether oxygens (including phenoxy) is 1. The number of aromatic nitrogens is 1. The minimum Gasteiger partial charge on any atom is -0.394 e. The van der Waals surface area contributed by atoms with E-state index in [4.69, 9.17) is 15.0 Å². The molecule has 2 aromatic rings. The van der Waals surface area contributed by atoms with Crippen LogP contribution in [0.15, 0.2) is 35.0 Å². The molecule has 0 radical (unpaired) electrons. The van der Waals surface area contributed by atoms with Crippen molar-refractivity contribution in [2.75, 3.05) is 12.8 Å². The largest absolute Gasteiger partial charge is 0.394 e. The van der Waals surface area contributed by atoms with Gasteiger partial charge < -0.3 is 15.0 Å². The molecule has 78 valence electrons. The number of nitrogens with zero attached hydrogens (tertiary/aromatic N) is 1. The Balaban J connectivity index is 2.28. The second kappa shape index (κ2) is 4.14. The molecule has 0 unspecified atom stereocenters. The predicted octanol–water partition coefficient (Wildman–Crippen LogP) is 2.07. The molecular weight excluding hydrogens is 192 g/mol. The Morgan fingerprint density at radius 1 is 1.33 bits per heavy atom. The first kappa shape index (κ1) is 9.73. The average molecular weight is 204 g/mol. The van der Waals surface area contributed by atoms with Crippen LogP contribution in [0.1, 0.15) is 5.56 Å². The number of rotatable bonds is 3. The van der Waals surface area contributed by atoms with Crippen molar-refractivity contribution in [2.24, 2.45) is 0 Å². The standard InChI is InChI=1S/C11H12N2O2/c1-14-7-8-2-4-9(5-3-8)11-10(12)6-13-15-11/h2-6H,7,12H2,1H3. The fourth-order valence-electron chi connectivity index (χ4n) is 1.39. The van der Waals surface area contributed by atoms with Gasteiger partial charge >= 0.3 is 0 Å². The van der Waals surface area contributed by atoms with E-state index in [1.54, 1.807) is 7.11 Å². The second-order valence-corrected chi connectivity index (χ2v) is 3.24. The van der Waals surface area contributed by atoms with E-state index in [0.29, 0.717) is 18.1 Å². The molecule has 4 heteroatoms. The van der Waals surface area contributed by atoms with Crippen molar-refractivity contribution < 1.29 is 9.26 Å². The summed E-state index contributed by atoms with van der Waals surface area (Å²) in [6.45, 7) is 0.603. The molecule has 1 aromatic heterocycles. The normalized spacial score (nSPS) is 10.5. The maximum Gasteiger partial charge on any atom is 0.189 e. The molecule has 0 saturated carbocycles. The van der Waals surface area contributed by atoms with Gasteiger partial charge in [0.1, 0.15) is 5.69 Å². The summed E-state index contributed by atoms with van der Waals surface area (Å²) in [5.74, 6) is 0.610. The topological polar surface area (TPSA) is 61.3 Å². The zero-order valence-electron chi connectivity index (χ0n) is 8.43. The molecule has 0 amide bonds. The third-order valence-electron chi connectivity index (χ3n) is 2.13. The Labute approximate surface area is 87.6 Å². The molecule has 4 nitrogen and oxygen atoms in total. The van der Waals surface area contributed by atoms with Crippen LogP contribution in [0.3, 0.4) is 0 Å². The molecule has 1 aromatic carbocycles. The van der Waals surface area contributed by atoms with Crippen LogP contribution in [0.4, 0.5) is 5.69 Å². The van der Waals surface area contributed by atoms with Gasteiger partial charge in [-0.25, -0.2) is 0 Å². The Hall–Kier alpha value is -1.81. The van der Waals surface area contributed by atoms with E-state index >= 15 is 0 Å².